The fourth-order valence-electron chi connectivity index (χ4n) is 2.11. The highest BCUT2D eigenvalue weighted by atomic mass is 79.9. The van der Waals surface area contributed by atoms with Crippen LogP contribution in [0.4, 0.5) is 5.69 Å². The second-order valence-electron chi connectivity index (χ2n) is 4.84. The van der Waals surface area contributed by atoms with Crippen LogP contribution in [0.5, 0.6) is 5.75 Å². The third-order valence-electron chi connectivity index (χ3n) is 3.21. The Labute approximate surface area is 135 Å². The number of benzene rings is 1. The first-order chi connectivity index (χ1) is 10.4. The number of fused-ring (bicyclic) bond motifs is 1. The average molecular weight is 371 g/mol. The Kier molecular flexibility index (Phi) is 5.02. The molecule has 1 N–H and O–H groups in total. The van der Waals surface area contributed by atoms with Gasteiger partial charge in [0.25, 0.3) is 5.91 Å². The van der Waals surface area contributed by atoms with Crippen molar-refractivity contribution in [2.24, 2.45) is 0 Å². The number of likely N-dealkylation sites (N-methyl/N-ethyl adjacent to an activating group) is 1. The second-order valence-corrected chi connectivity index (χ2v) is 5.76. The standard InChI is InChI=1S/C14H15BrN2O5/c1-16(7-14(20)21)12(18)4-5-17-10-3-2-9(15)6-11(10)22-8-13(17)19/h2-3,6H,4-5,7-8H2,1H3,(H,20,21). The molecule has 0 spiro atoms. The molecule has 118 valence electrons. The van der Waals surface area contributed by atoms with Gasteiger partial charge in [0, 0.05) is 24.5 Å². The molecule has 1 aliphatic rings. The van der Waals surface area contributed by atoms with Gasteiger partial charge in [-0.25, -0.2) is 0 Å². The topological polar surface area (TPSA) is 87.2 Å². The maximum Gasteiger partial charge on any atom is 0.323 e. The lowest BCUT2D eigenvalue weighted by atomic mass is 10.2. The summed E-state index contributed by atoms with van der Waals surface area (Å²) in [6, 6.07) is 5.28. The summed E-state index contributed by atoms with van der Waals surface area (Å²) in [7, 11) is 1.42. The molecule has 2 rings (SSSR count). The number of halogens is 1. The summed E-state index contributed by atoms with van der Waals surface area (Å²) < 4.78 is 6.19. The molecule has 2 amide bonds. The highest BCUT2D eigenvalue weighted by molar-refractivity contribution is 9.10. The highest BCUT2D eigenvalue weighted by Crippen LogP contribution is 2.34. The van der Waals surface area contributed by atoms with Crippen LogP contribution in [-0.2, 0) is 14.4 Å². The molecule has 1 aliphatic heterocycles. The SMILES string of the molecule is CN(CC(=O)O)C(=O)CCN1C(=O)COc2cc(Br)ccc21. The van der Waals surface area contributed by atoms with E-state index in [0.717, 1.165) is 9.37 Å². The number of carbonyl (C=O) groups excluding carboxylic acids is 2. The third-order valence-corrected chi connectivity index (χ3v) is 3.71. The highest BCUT2D eigenvalue weighted by Gasteiger charge is 2.26. The molecule has 0 saturated heterocycles. The Morgan fingerprint density at radius 1 is 1.45 bits per heavy atom. The largest absolute Gasteiger partial charge is 0.482 e. The molecule has 0 fully saturated rings. The van der Waals surface area contributed by atoms with Gasteiger partial charge in [-0.3, -0.25) is 14.4 Å². The Hall–Kier alpha value is -2.09. The number of carboxylic acids is 1. The van der Waals surface area contributed by atoms with Gasteiger partial charge in [0.1, 0.15) is 12.3 Å². The smallest absolute Gasteiger partial charge is 0.323 e. The number of rotatable bonds is 5. The van der Waals surface area contributed by atoms with E-state index in [9.17, 15) is 14.4 Å². The van der Waals surface area contributed by atoms with E-state index in [2.05, 4.69) is 15.9 Å². The number of ether oxygens (including phenoxy) is 1. The van der Waals surface area contributed by atoms with Crippen LogP contribution in [0.15, 0.2) is 22.7 Å². The Bertz CT molecular complexity index is 619. The Balaban J connectivity index is 2.05. The van der Waals surface area contributed by atoms with E-state index in [0.29, 0.717) is 11.4 Å². The van der Waals surface area contributed by atoms with Crippen LogP contribution in [0.3, 0.4) is 0 Å². The molecule has 0 atom stereocenters. The molecular formula is C14H15BrN2O5. The summed E-state index contributed by atoms with van der Waals surface area (Å²) in [4.78, 5) is 37.0. The van der Waals surface area contributed by atoms with Crippen molar-refractivity contribution in [3.05, 3.63) is 22.7 Å². The molecule has 0 saturated carbocycles. The van der Waals surface area contributed by atoms with Crippen LogP contribution in [0.25, 0.3) is 0 Å². The van der Waals surface area contributed by atoms with Crippen molar-refractivity contribution in [1.82, 2.24) is 4.90 Å². The van der Waals surface area contributed by atoms with Crippen molar-refractivity contribution in [1.29, 1.82) is 0 Å². The van der Waals surface area contributed by atoms with E-state index >= 15 is 0 Å². The summed E-state index contributed by atoms with van der Waals surface area (Å²) in [5, 5.41) is 8.67. The summed E-state index contributed by atoms with van der Waals surface area (Å²) in [6.07, 6.45) is 0.0467. The fraction of sp³-hybridized carbons (Fsp3) is 0.357. The van der Waals surface area contributed by atoms with Gasteiger partial charge in [-0.15, -0.1) is 0 Å². The van der Waals surface area contributed by atoms with Crippen LogP contribution < -0.4 is 9.64 Å². The van der Waals surface area contributed by atoms with Crippen molar-refractivity contribution in [3.8, 4) is 5.75 Å². The van der Waals surface area contributed by atoms with Crippen molar-refractivity contribution < 1.29 is 24.2 Å². The van der Waals surface area contributed by atoms with Gasteiger partial charge >= 0.3 is 5.97 Å². The molecule has 7 nitrogen and oxygen atoms in total. The van der Waals surface area contributed by atoms with Crippen LogP contribution in [0.1, 0.15) is 6.42 Å². The number of hydrogen-bond acceptors (Lipinski definition) is 4. The molecule has 0 aromatic heterocycles. The monoisotopic (exact) mass is 370 g/mol. The zero-order chi connectivity index (χ0) is 16.3. The quantitative estimate of drug-likeness (QED) is 0.838. The van der Waals surface area contributed by atoms with Gasteiger partial charge in [0.05, 0.1) is 5.69 Å². The van der Waals surface area contributed by atoms with Gasteiger partial charge in [-0.1, -0.05) is 15.9 Å². The van der Waals surface area contributed by atoms with E-state index in [1.807, 2.05) is 0 Å². The first-order valence-electron chi connectivity index (χ1n) is 6.57. The van der Waals surface area contributed by atoms with Crippen LogP contribution in [0, 0.1) is 0 Å². The first kappa shape index (κ1) is 16.3. The minimum atomic E-state index is -1.08. The van der Waals surface area contributed by atoms with E-state index in [4.69, 9.17) is 9.84 Å². The van der Waals surface area contributed by atoms with Crippen LogP contribution >= 0.6 is 15.9 Å². The molecular weight excluding hydrogens is 356 g/mol. The van der Waals surface area contributed by atoms with E-state index in [1.165, 1.54) is 11.9 Å². The zero-order valence-electron chi connectivity index (χ0n) is 11.9. The number of hydrogen-bond donors (Lipinski definition) is 1. The van der Waals surface area contributed by atoms with Crippen LogP contribution in [0.2, 0.25) is 0 Å². The van der Waals surface area contributed by atoms with E-state index in [1.54, 1.807) is 18.2 Å². The van der Waals surface area contributed by atoms with Gasteiger partial charge in [0.2, 0.25) is 5.91 Å². The maximum absolute atomic E-state index is 12.0. The predicted molar refractivity (Wildman–Crippen MR) is 81.9 cm³/mol. The zero-order valence-corrected chi connectivity index (χ0v) is 13.5. The molecule has 1 heterocycles. The summed E-state index contributed by atoms with van der Waals surface area (Å²) in [6.45, 7) is -0.262. The lowest BCUT2D eigenvalue weighted by Gasteiger charge is -2.29. The molecule has 8 heteroatoms. The molecule has 1 aromatic carbocycles. The number of aliphatic carboxylic acids is 1. The van der Waals surface area contributed by atoms with Gasteiger partial charge in [-0.2, -0.15) is 0 Å². The number of carbonyl (C=O) groups is 3. The molecule has 0 bridgehead atoms. The average Bonchev–Trinajstić information content (AvgIpc) is 2.45. The summed E-state index contributed by atoms with van der Waals surface area (Å²) >= 11 is 3.33. The minimum absolute atomic E-state index is 0.0467. The van der Waals surface area contributed by atoms with Crippen molar-refractivity contribution in [3.63, 3.8) is 0 Å². The lowest BCUT2D eigenvalue weighted by molar-refractivity contribution is -0.143. The van der Waals surface area contributed by atoms with Gasteiger partial charge in [-0.05, 0) is 18.2 Å². The third kappa shape index (κ3) is 3.76. The molecule has 22 heavy (non-hydrogen) atoms. The number of nitrogens with zero attached hydrogens (tertiary/aromatic N) is 2. The number of anilines is 1. The number of carboxylic acid groups (broad SMARTS) is 1. The van der Waals surface area contributed by atoms with Crippen molar-refractivity contribution in [2.45, 2.75) is 6.42 Å². The second kappa shape index (κ2) is 6.78. The maximum atomic E-state index is 12.0. The van der Waals surface area contributed by atoms with Crippen molar-refractivity contribution >= 4 is 39.4 Å². The molecule has 0 radical (unpaired) electrons. The Morgan fingerprint density at radius 2 is 2.18 bits per heavy atom. The summed E-state index contributed by atoms with van der Waals surface area (Å²) in [5.41, 5.74) is 0.605. The summed E-state index contributed by atoms with van der Waals surface area (Å²) in [5.74, 6) is -1.07. The van der Waals surface area contributed by atoms with Crippen molar-refractivity contribution in [2.75, 3.05) is 31.6 Å². The van der Waals surface area contributed by atoms with E-state index < -0.39 is 5.97 Å². The Morgan fingerprint density at radius 3 is 2.86 bits per heavy atom. The molecule has 0 aliphatic carbocycles. The van der Waals surface area contributed by atoms with E-state index in [-0.39, 0.29) is 37.9 Å². The number of amides is 2. The predicted octanol–water partition coefficient (Wildman–Crippen LogP) is 1.11. The molecule has 0 unspecified atom stereocenters. The normalized spacial score (nSPS) is 13.4. The van der Waals surface area contributed by atoms with Gasteiger partial charge in [0.15, 0.2) is 6.61 Å². The minimum Gasteiger partial charge on any atom is -0.482 e. The first-order valence-corrected chi connectivity index (χ1v) is 7.36. The van der Waals surface area contributed by atoms with Gasteiger partial charge < -0.3 is 19.6 Å². The lowest BCUT2D eigenvalue weighted by Crippen LogP contribution is -2.41. The fourth-order valence-corrected chi connectivity index (χ4v) is 2.45. The molecule has 1 aromatic rings. The van der Waals surface area contributed by atoms with Crippen LogP contribution in [-0.4, -0.2) is 54.5 Å².